The van der Waals surface area contributed by atoms with E-state index < -0.39 is 11.9 Å². The van der Waals surface area contributed by atoms with Gasteiger partial charge >= 0.3 is 0 Å². The first kappa shape index (κ1) is 13.9. The number of hydrogen-bond donors (Lipinski definition) is 3. The van der Waals surface area contributed by atoms with Crippen LogP contribution in [-0.2, 0) is 4.79 Å². The zero-order chi connectivity index (χ0) is 13.5. The van der Waals surface area contributed by atoms with Crippen LogP contribution in [0.3, 0.4) is 0 Å². The summed E-state index contributed by atoms with van der Waals surface area (Å²) < 4.78 is 0. The summed E-state index contributed by atoms with van der Waals surface area (Å²) in [6.45, 7) is 4.20. The van der Waals surface area contributed by atoms with Crippen LogP contribution in [0.15, 0.2) is 12.4 Å². The number of aromatic nitrogens is 2. The first-order chi connectivity index (χ1) is 8.58. The second-order valence-electron chi connectivity index (χ2n) is 3.63. The number of anilines is 1. The summed E-state index contributed by atoms with van der Waals surface area (Å²) in [5, 5.41) is 7.94. The fourth-order valence-corrected chi connectivity index (χ4v) is 1.29. The number of hydrogen-bond acceptors (Lipinski definition) is 5. The molecule has 0 bridgehead atoms. The maximum Gasteiger partial charge on any atom is 0.272 e. The number of carbonyl (C=O) groups excluding carboxylic acids is 2. The average Bonchev–Trinajstić information content (AvgIpc) is 2.38. The third kappa shape index (κ3) is 3.69. The maximum atomic E-state index is 11.8. The van der Waals surface area contributed by atoms with Gasteiger partial charge in [0.2, 0.25) is 5.91 Å². The molecular weight excluding hydrogens is 234 g/mol. The fraction of sp³-hybridized carbons (Fsp3) is 0.455. The molecule has 1 aromatic rings. The average molecular weight is 251 g/mol. The largest absolute Gasteiger partial charge is 0.369 e. The molecule has 1 rings (SSSR count). The van der Waals surface area contributed by atoms with Gasteiger partial charge in [-0.3, -0.25) is 14.6 Å². The number of rotatable bonds is 5. The van der Waals surface area contributed by atoms with Gasteiger partial charge < -0.3 is 16.0 Å². The third-order valence-corrected chi connectivity index (χ3v) is 2.21. The van der Waals surface area contributed by atoms with Crippen molar-refractivity contribution in [1.29, 1.82) is 0 Å². The van der Waals surface area contributed by atoms with Crippen LogP contribution in [0, 0.1) is 0 Å². The highest BCUT2D eigenvalue weighted by molar-refractivity contribution is 5.95. The predicted molar refractivity (Wildman–Crippen MR) is 67.2 cm³/mol. The Kier molecular flexibility index (Phi) is 5.04. The summed E-state index contributed by atoms with van der Waals surface area (Å²) in [6, 6.07) is -0.618. The lowest BCUT2D eigenvalue weighted by atomic mass is 10.3. The van der Waals surface area contributed by atoms with Crippen LogP contribution in [-0.4, -0.2) is 41.4 Å². The molecular formula is C11H17N5O2. The van der Waals surface area contributed by atoms with Gasteiger partial charge in [-0.2, -0.15) is 0 Å². The summed E-state index contributed by atoms with van der Waals surface area (Å²) >= 11 is 0. The zero-order valence-electron chi connectivity index (χ0n) is 10.7. The van der Waals surface area contributed by atoms with Crippen molar-refractivity contribution >= 4 is 17.6 Å². The van der Waals surface area contributed by atoms with Crippen LogP contribution in [0.25, 0.3) is 0 Å². The van der Waals surface area contributed by atoms with Crippen molar-refractivity contribution in [3.8, 4) is 0 Å². The van der Waals surface area contributed by atoms with E-state index in [4.69, 9.17) is 0 Å². The molecule has 3 N–H and O–H groups in total. The van der Waals surface area contributed by atoms with Crippen molar-refractivity contribution in [1.82, 2.24) is 20.6 Å². The highest BCUT2D eigenvalue weighted by Crippen LogP contribution is 2.01. The Morgan fingerprint density at radius 1 is 1.39 bits per heavy atom. The molecule has 0 aliphatic heterocycles. The fourth-order valence-electron chi connectivity index (χ4n) is 1.29. The van der Waals surface area contributed by atoms with E-state index in [2.05, 4.69) is 25.9 Å². The van der Waals surface area contributed by atoms with E-state index in [1.165, 1.54) is 19.4 Å². The molecule has 1 unspecified atom stereocenters. The van der Waals surface area contributed by atoms with Crippen LogP contribution >= 0.6 is 0 Å². The molecule has 0 aromatic carbocycles. The molecule has 0 aliphatic carbocycles. The van der Waals surface area contributed by atoms with E-state index in [-0.39, 0.29) is 11.6 Å². The molecule has 7 nitrogen and oxygen atoms in total. The first-order valence-corrected chi connectivity index (χ1v) is 5.66. The van der Waals surface area contributed by atoms with Crippen molar-refractivity contribution in [2.45, 2.75) is 19.9 Å². The molecule has 18 heavy (non-hydrogen) atoms. The molecule has 0 aliphatic rings. The standard InChI is InChI=1S/C11H17N5O2/c1-4-14-9-6-13-5-8(16-9)11(18)15-7(2)10(17)12-3/h5-7H,4H2,1-3H3,(H,12,17)(H,14,16)(H,15,18). The number of carbonyl (C=O) groups is 2. The predicted octanol–water partition coefficient (Wildman–Crippen LogP) is -0.227. The molecule has 98 valence electrons. The number of likely N-dealkylation sites (N-methyl/N-ethyl adjacent to an activating group) is 1. The normalized spacial score (nSPS) is 11.5. The Balaban J connectivity index is 2.72. The lowest BCUT2D eigenvalue weighted by molar-refractivity contribution is -0.122. The maximum absolute atomic E-state index is 11.8. The minimum absolute atomic E-state index is 0.171. The van der Waals surface area contributed by atoms with E-state index >= 15 is 0 Å². The van der Waals surface area contributed by atoms with Crippen molar-refractivity contribution < 1.29 is 9.59 Å². The molecule has 7 heteroatoms. The van der Waals surface area contributed by atoms with Gasteiger partial charge in [0.25, 0.3) is 5.91 Å². The van der Waals surface area contributed by atoms with Gasteiger partial charge in [0, 0.05) is 13.6 Å². The van der Waals surface area contributed by atoms with Gasteiger partial charge in [-0.05, 0) is 13.8 Å². The molecule has 1 aromatic heterocycles. The summed E-state index contributed by atoms with van der Waals surface area (Å²) in [4.78, 5) is 31.1. The minimum atomic E-state index is -0.618. The first-order valence-electron chi connectivity index (χ1n) is 5.66. The van der Waals surface area contributed by atoms with Crippen LogP contribution in [0.1, 0.15) is 24.3 Å². The van der Waals surface area contributed by atoms with Gasteiger partial charge in [0.15, 0.2) is 0 Å². The number of amides is 2. The number of nitrogens with one attached hydrogen (secondary N) is 3. The van der Waals surface area contributed by atoms with Gasteiger partial charge in [0.05, 0.1) is 12.4 Å². The molecule has 0 radical (unpaired) electrons. The lowest BCUT2D eigenvalue weighted by Gasteiger charge is -2.12. The van der Waals surface area contributed by atoms with Gasteiger partial charge in [-0.15, -0.1) is 0 Å². The Morgan fingerprint density at radius 2 is 2.11 bits per heavy atom. The Hall–Kier alpha value is -2.18. The summed E-state index contributed by atoms with van der Waals surface area (Å²) in [5.41, 5.74) is 0.171. The highest BCUT2D eigenvalue weighted by Gasteiger charge is 2.16. The van der Waals surface area contributed by atoms with E-state index in [0.29, 0.717) is 12.4 Å². The Labute approximate surface area is 105 Å². The highest BCUT2D eigenvalue weighted by atomic mass is 16.2. The third-order valence-electron chi connectivity index (χ3n) is 2.21. The lowest BCUT2D eigenvalue weighted by Crippen LogP contribution is -2.43. The van der Waals surface area contributed by atoms with Crippen molar-refractivity contribution in [3.63, 3.8) is 0 Å². The summed E-state index contributed by atoms with van der Waals surface area (Å²) in [6.07, 6.45) is 2.88. The molecule has 1 heterocycles. The van der Waals surface area contributed by atoms with E-state index in [0.717, 1.165) is 0 Å². The van der Waals surface area contributed by atoms with Gasteiger partial charge in [-0.25, -0.2) is 4.98 Å². The Bertz CT molecular complexity index is 435. The van der Waals surface area contributed by atoms with Crippen molar-refractivity contribution in [3.05, 3.63) is 18.1 Å². The van der Waals surface area contributed by atoms with E-state index in [1.807, 2.05) is 6.92 Å². The number of nitrogens with zero attached hydrogens (tertiary/aromatic N) is 2. The monoisotopic (exact) mass is 251 g/mol. The van der Waals surface area contributed by atoms with Crippen LogP contribution < -0.4 is 16.0 Å². The van der Waals surface area contributed by atoms with E-state index in [1.54, 1.807) is 6.92 Å². The molecule has 2 amide bonds. The molecule has 0 fully saturated rings. The molecule has 0 saturated heterocycles. The van der Waals surface area contributed by atoms with E-state index in [9.17, 15) is 9.59 Å². The van der Waals surface area contributed by atoms with Crippen LogP contribution in [0.5, 0.6) is 0 Å². The molecule has 0 spiro atoms. The Morgan fingerprint density at radius 3 is 2.72 bits per heavy atom. The van der Waals surface area contributed by atoms with Gasteiger partial charge in [-0.1, -0.05) is 0 Å². The van der Waals surface area contributed by atoms with Crippen molar-refractivity contribution in [2.24, 2.45) is 0 Å². The summed E-state index contributed by atoms with van der Waals surface area (Å²) in [7, 11) is 1.51. The van der Waals surface area contributed by atoms with Crippen LogP contribution in [0.4, 0.5) is 5.82 Å². The minimum Gasteiger partial charge on any atom is -0.369 e. The summed E-state index contributed by atoms with van der Waals surface area (Å²) in [5.74, 6) is -0.171. The quantitative estimate of drug-likeness (QED) is 0.672. The zero-order valence-corrected chi connectivity index (χ0v) is 10.7. The molecule has 1 atom stereocenters. The second kappa shape index (κ2) is 6.53. The smallest absolute Gasteiger partial charge is 0.272 e. The van der Waals surface area contributed by atoms with Crippen LogP contribution in [0.2, 0.25) is 0 Å². The topological polar surface area (TPSA) is 96.0 Å². The van der Waals surface area contributed by atoms with Crippen molar-refractivity contribution in [2.75, 3.05) is 18.9 Å². The second-order valence-corrected chi connectivity index (χ2v) is 3.63. The van der Waals surface area contributed by atoms with Gasteiger partial charge in [0.1, 0.15) is 17.6 Å². The molecule has 0 saturated carbocycles. The SMILES string of the molecule is CCNc1cncc(C(=O)NC(C)C(=O)NC)n1.